The number of hydrogen-bond donors (Lipinski definition) is 0. The van der Waals surface area contributed by atoms with E-state index in [0.717, 1.165) is 17.1 Å². The summed E-state index contributed by atoms with van der Waals surface area (Å²) in [5.74, 6) is 0. The van der Waals surface area contributed by atoms with Crippen molar-refractivity contribution in [1.29, 1.82) is 0 Å². The van der Waals surface area contributed by atoms with Gasteiger partial charge in [0.25, 0.3) is 0 Å². The first-order valence-corrected chi connectivity index (χ1v) is 20.6. The highest BCUT2D eigenvalue weighted by atomic mass is 32.1. The molecule has 272 valence electrons. The van der Waals surface area contributed by atoms with Gasteiger partial charge in [0.2, 0.25) is 0 Å². The lowest BCUT2D eigenvalue weighted by atomic mass is 9.96. The average Bonchev–Trinajstić information content (AvgIpc) is 3.69. The molecule has 0 saturated heterocycles. The Morgan fingerprint density at radius 2 is 0.845 bits per heavy atom. The monoisotopic (exact) mass is 755 g/mol. The van der Waals surface area contributed by atoms with Gasteiger partial charge >= 0.3 is 0 Å². The molecule has 0 aliphatic rings. The molecule has 11 rings (SSSR count). The predicted octanol–water partition coefficient (Wildman–Crippen LogP) is 16.5. The number of rotatable bonds is 7. The molecule has 2 heteroatoms. The van der Waals surface area contributed by atoms with Crippen LogP contribution in [0.4, 0.5) is 17.1 Å². The van der Waals surface area contributed by atoms with Crippen LogP contribution in [0.3, 0.4) is 0 Å². The van der Waals surface area contributed by atoms with Crippen molar-refractivity contribution in [3.63, 3.8) is 0 Å². The lowest BCUT2D eigenvalue weighted by Crippen LogP contribution is -2.11. The van der Waals surface area contributed by atoms with E-state index in [-0.39, 0.29) is 0 Å². The zero-order valence-electron chi connectivity index (χ0n) is 31.7. The standard InChI is InChI=1S/C56H37NS/c1-2-14-42-37-45(27-26-38(42)12-1)50-19-5-7-24-54(50)57(47-34-30-41(31-35-47)49-21-10-15-40-13-3-4-18-48(40)49)46-32-28-39(29-33-46)43-16-9-17-44(36-43)51-22-11-23-53-52-20-6-8-25-55(52)58-56(51)53/h1-37H. The summed E-state index contributed by atoms with van der Waals surface area (Å²) in [6.45, 7) is 0. The lowest BCUT2D eigenvalue weighted by molar-refractivity contribution is 1.28. The second-order valence-electron chi connectivity index (χ2n) is 14.9. The van der Waals surface area contributed by atoms with E-state index < -0.39 is 0 Å². The molecule has 58 heavy (non-hydrogen) atoms. The van der Waals surface area contributed by atoms with Gasteiger partial charge in [0.1, 0.15) is 0 Å². The fourth-order valence-electron chi connectivity index (χ4n) is 8.61. The topological polar surface area (TPSA) is 3.24 Å². The molecular formula is C56H37NS. The van der Waals surface area contributed by atoms with Crippen LogP contribution in [0, 0.1) is 0 Å². The van der Waals surface area contributed by atoms with Crippen LogP contribution in [-0.2, 0) is 0 Å². The lowest BCUT2D eigenvalue weighted by Gasteiger charge is -2.28. The Bertz CT molecular complexity index is 3280. The summed E-state index contributed by atoms with van der Waals surface area (Å²) in [5, 5.41) is 7.63. The summed E-state index contributed by atoms with van der Waals surface area (Å²) in [5.41, 5.74) is 13.0. The van der Waals surface area contributed by atoms with E-state index in [0.29, 0.717) is 0 Å². The van der Waals surface area contributed by atoms with Crippen molar-refractivity contribution < 1.29 is 0 Å². The summed E-state index contributed by atoms with van der Waals surface area (Å²) in [6.07, 6.45) is 0. The third kappa shape index (κ3) is 6.03. The highest BCUT2D eigenvalue weighted by Gasteiger charge is 2.18. The molecule has 1 nitrogen and oxygen atoms in total. The van der Waals surface area contributed by atoms with Gasteiger partial charge in [-0.15, -0.1) is 11.3 Å². The van der Waals surface area contributed by atoms with Crippen LogP contribution < -0.4 is 4.90 Å². The van der Waals surface area contributed by atoms with Crippen molar-refractivity contribution in [3.05, 3.63) is 224 Å². The highest BCUT2D eigenvalue weighted by molar-refractivity contribution is 7.26. The van der Waals surface area contributed by atoms with Crippen LogP contribution >= 0.6 is 11.3 Å². The molecule has 0 radical (unpaired) electrons. The van der Waals surface area contributed by atoms with Gasteiger partial charge in [-0.3, -0.25) is 0 Å². The van der Waals surface area contributed by atoms with E-state index in [1.54, 1.807) is 0 Å². The number of benzene rings is 10. The van der Waals surface area contributed by atoms with Gasteiger partial charge in [-0.2, -0.15) is 0 Å². The van der Waals surface area contributed by atoms with Gasteiger partial charge in [0.05, 0.1) is 5.69 Å². The molecule has 0 spiro atoms. The van der Waals surface area contributed by atoms with E-state index in [9.17, 15) is 0 Å². The predicted molar refractivity (Wildman–Crippen MR) is 251 cm³/mol. The summed E-state index contributed by atoms with van der Waals surface area (Å²) in [4.78, 5) is 2.40. The van der Waals surface area contributed by atoms with Gasteiger partial charge in [0, 0.05) is 37.1 Å². The molecule has 0 aliphatic heterocycles. The first kappa shape index (κ1) is 34.0. The first-order valence-electron chi connectivity index (χ1n) is 19.8. The van der Waals surface area contributed by atoms with Crippen LogP contribution in [0.5, 0.6) is 0 Å². The third-order valence-electron chi connectivity index (χ3n) is 11.5. The van der Waals surface area contributed by atoms with Gasteiger partial charge in [-0.05, 0) is 109 Å². The zero-order valence-corrected chi connectivity index (χ0v) is 32.5. The Morgan fingerprint density at radius 3 is 1.69 bits per heavy atom. The molecule has 10 aromatic carbocycles. The Labute approximate surface area is 342 Å². The highest BCUT2D eigenvalue weighted by Crippen LogP contribution is 2.44. The first-order chi connectivity index (χ1) is 28.7. The van der Waals surface area contributed by atoms with Gasteiger partial charge < -0.3 is 4.90 Å². The van der Waals surface area contributed by atoms with Crippen molar-refractivity contribution in [3.8, 4) is 44.5 Å². The van der Waals surface area contributed by atoms with Gasteiger partial charge in [-0.1, -0.05) is 176 Å². The molecule has 0 aliphatic carbocycles. The van der Waals surface area contributed by atoms with Crippen molar-refractivity contribution in [1.82, 2.24) is 0 Å². The van der Waals surface area contributed by atoms with Crippen molar-refractivity contribution >= 4 is 70.1 Å². The Kier molecular flexibility index (Phi) is 8.42. The zero-order chi connectivity index (χ0) is 38.4. The van der Waals surface area contributed by atoms with Gasteiger partial charge in [0.15, 0.2) is 0 Å². The maximum atomic E-state index is 2.40. The van der Waals surface area contributed by atoms with E-state index in [4.69, 9.17) is 0 Å². The number of anilines is 3. The van der Waals surface area contributed by atoms with Crippen molar-refractivity contribution in [2.75, 3.05) is 4.90 Å². The summed E-state index contributed by atoms with van der Waals surface area (Å²) < 4.78 is 2.66. The van der Waals surface area contributed by atoms with E-state index >= 15 is 0 Å². The maximum absolute atomic E-state index is 2.40. The van der Waals surface area contributed by atoms with Crippen LogP contribution in [-0.4, -0.2) is 0 Å². The molecule has 0 unspecified atom stereocenters. The number of fused-ring (bicyclic) bond motifs is 5. The fourth-order valence-corrected chi connectivity index (χ4v) is 9.85. The minimum Gasteiger partial charge on any atom is -0.310 e. The Morgan fingerprint density at radius 1 is 0.293 bits per heavy atom. The van der Waals surface area contributed by atoms with E-state index in [2.05, 4.69) is 229 Å². The molecule has 0 atom stereocenters. The smallest absolute Gasteiger partial charge is 0.0540 e. The molecule has 0 amide bonds. The quantitative estimate of drug-likeness (QED) is 0.157. The second-order valence-corrected chi connectivity index (χ2v) is 15.9. The summed E-state index contributed by atoms with van der Waals surface area (Å²) >= 11 is 1.88. The molecule has 11 aromatic rings. The van der Waals surface area contributed by atoms with Gasteiger partial charge in [-0.25, -0.2) is 0 Å². The van der Waals surface area contributed by atoms with Crippen LogP contribution in [0.15, 0.2) is 224 Å². The molecule has 1 aromatic heterocycles. The molecule has 0 fully saturated rings. The minimum absolute atomic E-state index is 1.10. The molecule has 0 saturated carbocycles. The van der Waals surface area contributed by atoms with Crippen LogP contribution in [0.1, 0.15) is 0 Å². The van der Waals surface area contributed by atoms with Crippen molar-refractivity contribution in [2.24, 2.45) is 0 Å². The Hall–Kier alpha value is -7.26. The SMILES string of the molecule is c1cc(-c2ccc(N(c3ccc(-c4cccc5ccccc45)cc3)c3ccccc3-c3ccc4ccccc4c3)cc2)cc(-c2cccc3c2sc2ccccc23)c1. The number of nitrogens with zero attached hydrogens (tertiary/aromatic N) is 1. The Balaban J connectivity index is 1.01. The van der Waals surface area contributed by atoms with E-state index in [1.165, 1.54) is 86.2 Å². The molecule has 1 heterocycles. The van der Waals surface area contributed by atoms with E-state index in [1.807, 2.05) is 11.3 Å². The van der Waals surface area contributed by atoms with Crippen molar-refractivity contribution in [2.45, 2.75) is 0 Å². The fraction of sp³-hybridized carbons (Fsp3) is 0. The largest absolute Gasteiger partial charge is 0.310 e. The average molecular weight is 756 g/mol. The minimum atomic E-state index is 1.10. The number of hydrogen-bond acceptors (Lipinski definition) is 2. The normalized spacial score (nSPS) is 11.4. The van der Waals surface area contributed by atoms with Crippen LogP contribution in [0.2, 0.25) is 0 Å². The summed E-state index contributed by atoms with van der Waals surface area (Å²) in [6, 6.07) is 81.9. The second kappa shape index (κ2) is 14.4. The number of para-hydroxylation sites is 1. The van der Waals surface area contributed by atoms with Crippen LogP contribution in [0.25, 0.3) is 86.2 Å². The molecule has 0 bridgehead atoms. The maximum Gasteiger partial charge on any atom is 0.0540 e. The summed E-state index contributed by atoms with van der Waals surface area (Å²) in [7, 11) is 0. The number of thiophene rings is 1. The molecular weight excluding hydrogens is 719 g/mol. The molecule has 0 N–H and O–H groups in total. The third-order valence-corrected chi connectivity index (χ3v) is 12.7.